The maximum absolute atomic E-state index is 6.20. The van der Waals surface area contributed by atoms with Crippen LogP contribution in [0.15, 0.2) is 55.0 Å². The van der Waals surface area contributed by atoms with Gasteiger partial charge in [0.1, 0.15) is 17.8 Å². The van der Waals surface area contributed by atoms with Crippen molar-refractivity contribution in [1.29, 1.82) is 0 Å². The molecule has 4 heterocycles. The van der Waals surface area contributed by atoms with Gasteiger partial charge in [-0.15, -0.1) is 0 Å². The van der Waals surface area contributed by atoms with E-state index >= 15 is 0 Å². The smallest absolute Gasteiger partial charge is 0.142 e. The van der Waals surface area contributed by atoms with Crippen LogP contribution < -0.4 is 21.7 Å². The average Bonchev–Trinajstić information content (AvgIpc) is 3.52. The largest absolute Gasteiger partial charge is 0.356 e. The summed E-state index contributed by atoms with van der Waals surface area (Å²) in [6.45, 7) is 5.35. The lowest BCUT2D eigenvalue weighted by molar-refractivity contribution is 0.210. The van der Waals surface area contributed by atoms with E-state index in [1.807, 2.05) is 48.7 Å². The number of hydrogen-bond donors (Lipinski definition) is 4. The maximum atomic E-state index is 6.20. The number of piperidine rings is 2. The number of nitrogens with one attached hydrogen (secondary N) is 2. The summed E-state index contributed by atoms with van der Waals surface area (Å²) in [5.74, 6) is 0.997. The fourth-order valence-electron chi connectivity index (χ4n) is 6.33. The van der Waals surface area contributed by atoms with Crippen molar-refractivity contribution in [3.8, 4) is 0 Å². The fourth-order valence-corrected chi connectivity index (χ4v) is 6.97. The minimum atomic E-state index is 0.0813. The van der Waals surface area contributed by atoms with Crippen LogP contribution >= 0.6 is 46.4 Å². The zero-order chi connectivity index (χ0) is 30.5. The van der Waals surface area contributed by atoms with Crippen LogP contribution in [0.5, 0.6) is 0 Å². The van der Waals surface area contributed by atoms with Gasteiger partial charge in [-0.25, -0.2) is 9.97 Å². The minimum Gasteiger partial charge on any atom is -0.356 e. The highest BCUT2D eigenvalue weighted by Gasteiger charge is 2.35. The molecule has 0 atom stereocenters. The van der Waals surface area contributed by atoms with Crippen molar-refractivity contribution >= 4 is 63.3 Å². The Morgan fingerprint density at radius 1 is 0.721 bits per heavy atom. The van der Waals surface area contributed by atoms with Crippen LogP contribution in [-0.4, -0.2) is 54.2 Å². The van der Waals surface area contributed by atoms with E-state index in [1.165, 1.54) is 11.1 Å². The van der Waals surface area contributed by atoms with Gasteiger partial charge in [-0.2, -0.15) is 0 Å². The van der Waals surface area contributed by atoms with Crippen LogP contribution in [0.3, 0.4) is 0 Å². The zero-order valence-electron chi connectivity index (χ0n) is 24.2. The third kappa shape index (κ3) is 7.77. The molecule has 11 heteroatoms. The average molecular weight is 664 g/mol. The molecule has 0 aliphatic carbocycles. The van der Waals surface area contributed by atoms with Crippen molar-refractivity contribution < 1.29 is 0 Å². The van der Waals surface area contributed by atoms with E-state index in [0.717, 1.165) is 88.1 Å². The van der Waals surface area contributed by atoms with Gasteiger partial charge in [0.2, 0.25) is 0 Å². The Bertz CT molecular complexity index is 1510. The minimum absolute atomic E-state index is 0.0813. The molecule has 0 amide bonds. The molecule has 0 unspecified atom stereocenters. The van der Waals surface area contributed by atoms with Crippen LogP contribution in [0.25, 0.3) is 11.0 Å². The van der Waals surface area contributed by atoms with Crippen molar-refractivity contribution in [3.05, 3.63) is 86.2 Å². The predicted octanol–water partition coefficient (Wildman–Crippen LogP) is 6.92. The normalized spacial score (nSPS) is 17.9. The number of aromatic nitrogens is 3. The molecule has 4 aromatic rings. The third-order valence-electron chi connectivity index (χ3n) is 9.11. The Morgan fingerprint density at radius 2 is 1.28 bits per heavy atom. The molecule has 0 saturated carbocycles. The molecule has 0 spiro atoms. The first-order valence-electron chi connectivity index (χ1n) is 14.8. The molecule has 2 aromatic carbocycles. The second-order valence-electron chi connectivity index (χ2n) is 11.9. The van der Waals surface area contributed by atoms with Crippen LogP contribution in [-0.2, 0) is 12.8 Å². The van der Waals surface area contributed by atoms with Crippen molar-refractivity contribution in [2.24, 2.45) is 22.3 Å². The summed E-state index contributed by atoms with van der Waals surface area (Å²) in [6, 6.07) is 13.8. The molecular weight excluding hydrogens is 624 g/mol. The summed E-state index contributed by atoms with van der Waals surface area (Å²) < 4.78 is 0. The van der Waals surface area contributed by atoms with Gasteiger partial charge in [-0.05, 0) is 117 Å². The Morgan fingerprint density at radius 3 is 1.81 bits per heavy atom. The van der Waals surface area contributed by atoms with E-state index in [4.69, 9.17) is 57.9 Å². The number of rotatable bonds is 7. The summed E-state index contributed by atoms with van der Waals surface area (Å²) in [7, 11) is 0. The van der Waals surface area contributed by atoms with Crippen LogP contribution in [0, 0.1) is 10.8 Å². The molecule has 43 heavy (non-hydrogen) atoms. The predicted molar refractivity (Wildman–Crippen MR) is 181 cm³/mol. The Balaban J connectivity index is 0.000000188. The van der Waals surface area contributed by atoms with Gasteiger partial charge in [0.25, 0.3) is 0 Å². The second kappa shape index (κ2) is 14.3. The summed E-state index contributed by atoms with van der Waals surface area (Å²) >= 11 is 24.2. The first-order valence-corrected chi connectivity index (χ1v) is 16.3. The molecule has 2 aromatic heterocycles. The SMILES string of the molecule is NCC1(Cc2ccc(Cl)c(Cl)c2)CCN(c2ncnc3[nH]ccc23)CC1.NCC1(Cc2ccc(Cl)c(Cl)c2)CCNCC1. The van der Waals surface area contributed by atoms with Crippen LogP contribution in [0.1, 0.15) is 36.8 Å². The number of hydrogen-bond acceptors (Lipinski definition) is 6. The van der Waals surface area contributed by atoms with E-state index in [-0.39, 0.29) is 10.8 Å². The number of nitrogens with zero attached hydrogens (tertiary/aromatic N) is 3. The monoisotopic (exact) mass is 661 g/mol. The molecule has 0 radical (unpaired) electrons. The quantitative estimate of drug-likeness (QED) is 0.171. The summed E-state index contributed by atoms with van der Waals surface area (Å²) in [5.41, 5.74) is 15.8. The van der Waals surface area contributed by atoms with E-state index in [1.54, 1.807) is 6.33 Å². The van der Waals surface area contributed by atoms with Gasteiger partial charge in [0, 0.05) is 19.3 Å². The molecule has 230 valence electrons. The van der Waals surface area contributed by atoms with Gasteiger partial charge in [-0.3, -0.25) is 0 Å². The highest BCUT2D eigenvalue weighted by atomic mass is 35.5. The van der Waals surface area contributed by atoms with E-state index in [9.17, 15) is 0 Å². The van der Waals surface area contributed by atoms with Crippen molar-refractivity contribution in [3.63, 3.8) is 0 Å². The van der Waals surface area contributed by atoms with Crippen LogP contribution in [0.4, 0.5) is 5.82 Å². The molecule has 2 aliphatic rings. The molecule has 2 fully saturated rings. The molecule has 6 N–H and O–H groups in total. The molecule has 6 rings (SSSR count). The van der Waals surface area contributed by atoms with E-state index in [0.29, 0.717) is 26.6 Å². The fraction of sp³-hybridized carbons (Fsp3) is 0.438. The topological polar surface area (TPSA) is 109 Å². The van der Waals surface area contributed by atoms with Gasteiger partial charge >= 0.3 is 0 Å². The van der Waals surface area contributed by atoms with Gasteiger partial charge < -0.3 is 26.7 Å². The Labute approximate surface area is 273 Å². The van der Waals surface area contributed by atoms with Gasteiger partial charge in [0.15, 0.2) is 0 Å². The second-order valence-corrected chi connectivity index (χ2v) is 13.6. The summed E-state index contributed by atoms with van der Waals surface area (Å²) in [4.78, 5) is 14.3. The van der Waals surface area contributed by atoms with Crippen LogP contribution in [0.2, 0.25) is 20.1 Å². The molecule has 2 aliphatic heterocycles. The van der Waals surface area contributed by atoms with E-state index < -0.39 is 0 Å². The number of halogens is 4. The molecule has 0 bridgehead atoms. The Hall–Kier alpha value is -2.10. The highest BCUT2D eigenvalue weighted by molar-refractivity contribution is 6.42. The first kappa shape index (κ1) is 32.3. The highest BCUT2D eigenvalue weighted by Crippen LogP contribution is 2.38. The summed E-state index contributed by atoms with van der Waals surface area (Å²) in [5, 5.41) is 6.88. The first-order chi connectivity index (χ1) is 20.8. The molecular formula is C32H39Cl4N7. The maximum Gasteiger partial charge on any atom is 0.142 e. The molecule has 2 saturated heterocycles. The van der Waals surface area contributed by atoms with Gasteiger partial charge in [0.05, 0.1) is 25.5 Å². The number of benzene rings is 2. The number of nitrogens with two attached hydrogens (primary N) is 2. The number of fused-ring (bicyclic) bond motifs is 1. The van der Waals surface area contributed by atoms with Crippen molar-refractivity contribution in [2.45, 2.75) is 38.5 Å². The zero-order valence-corrected chi connectivity index (χ0v) is 27.2. The number of H-pyrrole nitrogens is 1. The van der Waals surface area contributed by atoms with E-state index in [2.05, 4.69) is 25.2 Å². The lowest BCUT2D eigenvalue weighted by Crippen LogP contribution is -2.45. The Kier molecular flexibility index (Phi) is 10.8. The van der Waals surface area contributed by atoms with Gasteiger partial charge in [-0.1, -0.05) is 58.5 Å². The van der Waals surface area contributed by atoms with Crippen molar-refractivity contribution in [2.75, 3.05) is 44.2 Å². The standard InChI is InChI=1S/C19H21Cl2N5.C13H18Cl2N2/c20-15-2-1-13(9-16(15)21)10-19(11-22)4-7-26(8-5-19)18-14-3-6-23-17(14)24-12-25-18;14-11-2-1-10(7-12(11)15)8-13(9-16)3-5-17-6-4-13/h1-3,6,9,12H,4-5,7-8,10-11,22H2,(H,23,24,25);1-2,7,17H,3-6,8-9,16H2. The summed E-state index contributed by atoms with van der Waals surface area (Å²) in [6.07, 6.45) is 9.71. The number of aromatic amines is 1. The lowest BCUT2D eigenvalue weighted by Gasteiger charge is -2.42. The third-order valence-corrected chi connectivity index (χ3v) is 10.6. The molecule has 7 nitrogen and oxygen atoms in total. The number of anilines is 1. The van der Waals surface area contributed by atoms with Crippen molar-refractivity contribution in [1.82, 2.24) is 20.3 Å². The lowest BCUT2D eigenvalue weighted by atomic mass is 9.74.